The number of hydrogen-bond donors (Lipinski definition) is 6. The number of benzene rings is 2. The number of likely N-dealkylation sites (tertiary alicyclic amines) is 1. The van der Waals surface area contributed by atoms with Crippen molar-refractivity contribution in [1.29, 1.82) is 0 Å². The number of hydrogen-bond acceptors (Lipinski definition) is 13. The molecular weight excluding hydrogens is 1060 g/mol. The van der Waals surface area contributed by atoms with Crippen molar-refractivity contribution in [3.63, 3.8) is 0 Å². The van der Waals surface area contributed by atoms with Gasteiger partial charge in [-0.15, -0.1) is 0 Å². The summed E-state index contributed by atoms with van der Waals surface area (Å²) >= 11 is 0. The highest BCUT2D eigenvalue weighted by molar-refractivity contribution is 5.87. The van der Waals surface area contributed by atoms with Gasteiger partial charge in [-0.3, -0.25) is 24.6 Å². The number of halogens is 8. The summed E-state index contributed by atoms with van der Waals surface area (Å²) in [7, 11) is 0.837. The van der Waals surface area contributed by atoms with Crippen molar-refractivity contribution in [3.8, 4) is 23.1 Å². The van der Waals surface area contributed by atoms with Crippen molar-refractivity contribution in [2.75, 3.05) is 44.9 Å². The molecule has 0 unspecified atom stereocenters. The van der Waals surface area contributed by atoms with Crippen LogP contribution in [0.5, 0.6) is 0 Å². The Balaban J connectivity index is 1.07. The number of anilines is 1. The van der Waals surface area contributed by atoms with Crippen LogP contribution in [0.4, 0.5) is 50.7 Å². The predicted octanol–water partition coefficient (Wildman–Crippen LogP) is 5.47. The predicted molar refractivity (Wildman–Crippen MR) is 265 cm³/mol. The number of aromatic nitrogens is 4. The number of rotatable bonds is 19. The molecule has 1 aliphatic carbocycles. The summed E-state index contributed by atoms with van der Waals surface area (Å²) in [6.45, 7) is 3.31. The fraction of sp³-hybridized carbons (Fsp3) is 0.519. The quantitative estimate of drug-likeness (QED) is 0.0389. The number of amides is 4. The first-order valence-electron chi connectivity index (χ1n) is 25.2. The number of alkyl carbamates (subject to hydrolysis) is 1. The summed E-state index contributed by atoms with van der Waals surface area (Å²) in [6, 6.07) is 3.88. The average molecular weight is 1120 g/mol. The number of nitrogens with one attached hydrogen (secondary N) is 4. The Kier molecular flexibility index (Phi) is 16.8. The van der Waals surface area contributed by atoms with Crippen molar-refractivity contribution >= 4 is 29.9 Å². The highest BCUT2D eigenvalue weighted by Crippen LogP contribution is 2.42. The van der Waals surface area contributed by atoms with Gasteiger partial charge in [-0.2, -0.15) is 31.4 Å². The van der Waals surface area contributed by atoms with Crippen LogP contribution >= 0.6 is 0 Å². The van der Waals surface area contributed by atoms with Gasteiger partial charge in [-0.1, -0.05) is 24.0 Å². The summed E-state index contributed by atoms with van der Waals surface area (Å²) in [6.07, 6.45) is -8.90. The second-order valence-electron chi connectivity index (χ2n) is 21.3. The van der Waals surface area contributed by atoms with E-state index in [1.807, 2.05) is 10.7 Å². The Hall–Kier alpha value is -7.15. The molecule has 4 amide bonds. The first-order valence-corrected chi connectivity index (χ1v) is 25.2. The lowest BCUT2D eigenvalue weighted by atomic mass is 9.82. The molecule has 426 valence electrons. The van der Waals surface area contributed by atoms with Gasteiger partial charge in [0.25, 0.3) is 5.91 Å². The van der Waals surface area contributed by atoms with Gasteiger partial charge < -0.3 is 40.5 Å². The second-order valence-corrected chi connectivity index (χ2v) is 21.3. The number of methoxy groups -OCH3 is 1. The number of carbonyl (C=O) groups is 4. The van der Waals surface area contributed by atoms with Gasteiger partial charge in [-0.05, 0) is 89.3 Å². The molecular formula is C52H59F8N11O8. The van der Waals surface area contributed by atoms with E-state index < -0.39 is 108 Å². The molecule has 1 saturated carbocycles. The van der Waals surface area contributed by atoms with Crippen molar-refractivity contribution in [3.05, 3.63) is 94.9 Å². The first-order chi connectivity index (χ1) is 37.1. The number of aliphatic hydroxyl groups excluding tert-OH is 1. The second kappa shape index (κ2) is 22.9. The zero-order valence-corrected chi connectivity index (χ0v) is 43.5. The maximum absolute atomic E-state index is 16.1. The van der Waals surface area contributed by atoms with Crippen LogP contribution in [0.2, 0.25) is 0 Å². The van der Waals surface area contributed by atoms with Crippen LogP contribution in [0.25, 0.3) is 11.3 Å². The fourth-order valence-corrected chi connectivity index (χ4v) is 9.64. The highest BCUT2D eigenvalue weighted by atomic mass is 19.4. The number of aliphatic hydroxyl groups is 1. The molecule has 2 bridgehead atoms. The van der Waals surface area contributed by atoms with Crippen LogP contribution in [-0.4, -0.2) is 159 Å². The zero-order valence-electron chi connectivity index (χ0n) is 43.5. The van der Waals surface area contributed by atoms with Crippen molar-refractivity contribution in [2.24, 2.45) is 10.8 Å². The normalized spacial score (nSPS) is 19.4. The minimum absolute atomic E-state index is 0.0116. The van der Waals surface area contributed by atoms with E-state index in [-0.39, 0.29) is 23.3 Å². The maximum atomic E-state index is 16.1. The third-order valence-electron chi connectivity index (χ3n) is 15.0. The van der Waals surface area contributed by atoms with Gasteiger partial charge in [0.15, 0.2) is 0 Å². The van der Waals surface area contributed by atoms with Crippen molar-refractivity contribution in [1.82, 2.24) is 51.0 Å². The van der Waals surface area contributed by atoms with Crippen LogP contribution in [0.3, 0.4) is 0 Å². The lowest BCUT2D eigenvalue weighted by Crippen LogP contribution is -2.63. The van der Waals surface area contributed by atoms with Gasteiger partial charge in [-0.25, -0.2) is 33.3 Å². The Morgan fingerprint density at radius 3 is 1.95 bits per heavy atom. The first kappa shape index (κ1) is 58.0. The molecule has 2 aromatic heterocycles. The van der Waals surface area contributed by atoms with Crippen LogP contribution in [-0.2, 0) is 32.0 Å². The number of hydrazine groups is 1. The molecule has 79 heavy (non-hydrogen) atoms. The Morgan fingerprint density at radius 1 is 0.810 bits per heavy atom. The van der Waals surface area contributed by atoms with Gasteiger partial charge in [0, 0.05) is 73.5 Å². The number of carbonyl (C=O) groups excluding carboxylic acids is 3. The fourth-order valence-electron chi connectivity index (χ4n) is 9.64. The molecule has 2 aromatic carbocycles. The van der Waals surface area contributed by atoms with Gasteiger partial charge in [0.2, 0.25) is 11.9 Å². The standard InChI is InChI=1S/C52H59F8N11O8/c1-49(2,51(55,56)57)42(65-48(77)78-5)44(73)63-40(16-29-9-6-28(7-10-29)8-11-30-20-61-46(62-21-30)70-23-33-19-34(70)22-69(33)35-26-79-27-35)41(72)25-68(67-45(74)43(64-47(75)76)50(3,4)52(58,59)60)24-36-37(53)17-31(18-38(36)54)39-14-15-71(66-39)32-12-13-32/h6-7,9-10,14-15,17-18,20-21,32-35,40-43,64,72H,12-13,16,19,22-27H2,1-5H3,(H,63,73)(H,65,77)(H,67,74)(H,75,76)/t33-,34-,40+,41+,42-,43-/m1/s1. The van der Waals surface area contributed by atoms with E-state index >= 15 is 8.78 Å². The van der Waals surface area contributed by atoms with Gasteiger partial charge >= 0.3 is 24.5 Å². The molecule has 5 heterocycles. The van der Waals surface area contributed by atoms with E-state index in [1.165, 1.54) is 23.5 Å². The number of fused-ring (bicyclic) bond motifs is 2. The average Bonchev–Trinajstić information content (AvgIpc) is 3.95. The third kappa shape index (κ3) is 13.1. The third-order valence-corrected chi connectivity index (χ3v) is 15.0. The topological polar surface area (TPSA) is 229 Å². The summed E-state index contributed by atoms with van der Waals surface area (Å²) in [5.41, 5.74) is -3.50. The van der Waals surface area contributed by atoms with Crippen LogP contribution in [0, 0.1) is 34.3 Å². The summed E-state index contributed by atoms with van der Waals surface area (Å²) < 4.78 is 131. The molecule has 27 heteroatoms. The maximum Gasteiger partial charge on any atom is 0.407 e. The van der Waals surface area contributed by atoms with Crippen molar-refractivity contribution < 1.29 is 74.0 Å². The molecule has 19 nitrogen and oxygen atoms in total. The summed E-state index contributed by atoms with van der Waals surface area (Å²) in [4.78, 5) is 66.0. The van der Waals surface area contributed by atoms with Crippen LogP contribution in [0.1, 0.15) is 75.3 Å². The van der Waals surface area contributed by atoms with Gasteiger partial charge in [0.1, 0.15) is 23.7 Å². The van der Waals surface area contributed by atoms with Crippen LogP contribution in [0.15, 0.2) is 61.1 Å². The number of piperazine rings is 1. The zero-order chi connectivity index (χ0) is 57.4. The number of ether oxygens (including phenoxy) is 2. The number of carboxylic acid groups (broad SMARTS) is 1. The lowest BCUT2D eigenvalue weighted by molar-refractivity contribution is -0.221. The highest BCUT2D eigenvalue weighted by Gasteiger charge is 2.57. The van der Waals surface area contributed by atoms with E-state index in [9.17, 15) is 55.7 Å². The number of alkyl halides is 6. The molecule has 8 rings (SSSR count). The SMILES string of the molecule is COC(=O)N[C@H](C(=O)N[C@@H](Cc1ccc(C#Cc2cnc(N3C[C@H]4C[C@@H]3CN4C3COC3)nc2)cc1)[C@@H](O)CN(Cc1c(F)cc(-c2ccn(C3CC3)n2)cc1F)NC(=O)[C@@H](NC(=O)O)C(C)(C)C(F)(F)F)C(C)(C)C(F)(F)F. The molecule has 0 spiro atoms. The minimum Gasteiger partial charge on any atom is -0.465 e. The number of nitrogens with zero attached hydrogens (tertiary/aromatic N) is 7. The van der Waals surface area contributed by atoms with E-state index in [0.29, 0.717) is 67.4 Å². The summed E-state index contributed by atoms with van der Waals surface area (Å²) in [5, 5.41) is 32.2. The molecule has 0 radical (unpaired) electrons. The van der Waals surface area contributed by atoms with Crippen LogP contribution < -0.4 is 26.3 Å². The molecule has 6 N–H and O–H groups in total. The Morgan fingerprint density at radius 2 is 1.42 bits per heavy atom. The van der Waals surface area contributed by atoms with E-state index in [4.69, 9.17) is 4.74 Å². The Labute approximate surface area is 448 Å². The van der Waals surface area contributed by atoms with Crippen molar-refractivity contribution in [2.45, 2.75) is 121 Å². The molecule has 4 aromatic rings. The molecule has 3 saturated heterocycles. The van der Waals surface area contributed by atoms with E-state index in [0.717, 1.165) is 64.8 Å². The molecule has 4 fully saturated rings. The van der Waals surface area contributed by atoms with E-state index in [2.05, 4.69) is 46.8 Å². The minimum atomic E-state index is -5.24. The monoisotopic (exact) mass is 1120 g/mol. The smallest absolute Gasteiger partial charge is 0.407 e. The largest absolute Gasteiger partial charge is 0.465 e. The lowest BCUT2D eigenvalue weighted by Gasteiger charge is -2.42. The van der Waals surface area contributed by atoms with E-state index in [1.54, 1.807) is 35.4 Å². The molecule has 6 atom stereocenters. The molecule has 3 aliphatic heterocycles. The Bertz CT molecular complexity index is 2920. The van der Waals surface area contributed by atoms with Gasteiger partial charge in [0.05, 0.1) is 66.6 Å². The summed E-state index contributed by atoms with van der Waals surface area (Å²) in [5.74, 6) is 0.844. The molecule has 4 aliphatic rings.